The molecular weight excluding hydrogens is 693 g/mol. The normalized spacial score (nSPS) is 22.9. The summed E-state index contributed by atoms with van der Waals surface area (Å²) in [6.45, 7) is 6.34. The number of pyridine rings is 1. The zero-order valence-electron chi connectivity index (χ0n) is 29.5. The lowest BCUT2D eigenvalue weighted by atomic mass is 9.91. The van der Waals surface area contributed by atoms with E-state index in [0.29, 0.717) is 23.1 Å². The molecule has 1 spiro atoms. The topological polar surface area (TPSA) is 161 Å². The van der Waals surface area contributed by atoms with Crippen LogP contribution in [0.15, 0.2) is 54.9 Å². The molecule has 2 N–H and O–H groups in total. The molecule has 2 bridgehead atoms. The largest absolute Gasteiger partial charge is 0.433 e. The van der Waals surface area contributed by atoms with E-state index in [-0.39, 0.29) is 61.5 Å². The number of fused-ring (bicyclic) bond motifs is 3. The van der Waals surface area contributed by atoms with Crippen molar-refractivity contribution in [2.75, 3.05) is 18.5 Å². The molecule has 276 valence electrons. The average molecular weight is 731 g/mol. The van der Waals surface area contributed by atoms with Crippen LogP contribution in [0.1, 0.15) is 61.2 Å². The van der Waals surface area contributed by atoms with Crippen molar-refractivity contribution in [2.45, 2.75) is 71.9 Å². The number of aryl methyl sites for hydroxylation is 1. The number of nitrogens with one attached hydrogen (secondary N) is 2. The van der Waals surface area contributed by atoms with E-state index >= 15 is 0 Å². The zero-order valence-corrected chi connectivity index (χ0v) is 29.5. The van der Waals surface area contributed by atoms with Gasteiger partial charge in [-0.1, -0.05) is 24.3 Å². The Morgan fingerprint density at radius 1 is 1.06 bits per heavy atom. The lowest BCUT2D eigenvalue weighted by molar-refractivity contribution is -0.141. The molecule has 1 saturated carbocycles. The van der Waals surface area contributed by atoms with Crippen molar-refractivity contribution in [3.8, 4) is 11.1 Å². The number of hydrogen-bond acceptors (Lipinski definition) is 9. The number of likely N-dealkylation sites (tertiary alicyclic amines) is 1. The fourth-order valence-corrected chi connectivity index (χ4v) is 7.17. The lowest BCUT2D eigenvalue weighted by Gasteiger charge is -2.27. The second kappa shape index (κ2) is 13.2. The SMILES string of the molecule is CC(=O)c1nn(CC(=O)N2[C@H]3C[C@@]4(CNC(=O)C(C)(C)C=CCOCc5ccc(C(F)(F)F)nc5NC3=O)C[C@@H]24)c2ccc(-c3cnc(C)nc3)cc12. The minimum Gasteiger partial charge on any atom is -0.373 e. The Balaban J connectivity index is 1.23. The molecule has 3 aliphatic rings. The molecule has 5 heterocycles. The number of nitrogens with zero attached hydrogens (tertiary/aromatic N) is 6. The number of ketones is 1. The quantitative estimate of drug-likeness (QED) is 0.225. The summed E-state index contributed by atoms with van der Waals surface area (Å²) in [4.78, 5) is 68.0. The number of aromatic nitrogens is 5. The standard InChI is InChI=1S/C37H37F3N8O5/c1-20(49)31-25-12-22(24-15-41-21(2)42-16-24)6-8-26(25)47(46-31)17-30(50)48-27-13-36(14-29(36)48)19-43-34(52)35(3,4)10-5-11-53-18-23-7-9-28(37(38,39)40)44-32(23)45-33(27)51/h5-10,12,15-16,27,29H,11,13-14,17-19H2,1-4H3,(H,43,52)(H,44,45,51)/t27-,29+,36-/m0/s1. The Hall–Kier alpha value is -5.51. The number of halogens is 3. The second-order valence-corrected chi connectivity index (χ2v) is 14.4. The van der Waals surface area contributed by atoms with Crippen LogP contribution in [0.5, 0.6) is 0 Å². The van der Waals surface area contributed by atoms with Gasteiger partial charge in [-0.05, 0) is 57.4 Å². The molecule has 3 amide bonds. The third-order valence-corrected chi connectivity index (χ3v) is 10.2. The maximum Gasteiger partial charge on any atom is 0.433 e. The van der Waals surface area contributed by atoms with E-state index < -0.39 is 46.6 Å². The number of Topliss-reactive ketones (excluding diaryl/α,β-unsaturated/α-hetero) is 1. The fourth-order valence-electron chi connectivity index (χ4n) is 7.17. The summed E-state index contributed by atoms with van der Waals surface area (Å²) < 4.78 is 48.2. The molecule has 7 rings (SSSR count). The fraction of sp³-hybridized carbons (Fsp3) is 0.405. The van der Waals surface area contributed by atoms with E-state index in [4.69, 9.17) is 4.74 Å². The van der Waals surface area contributed by atoms with Gasteiger partial charge < -0.3 is 20.3 Å². The van der Waals surface area contributed by atoms with Crippen molar-refractivity contribution in [1.82, 2.24) is 34.9 Å². The molecule has 1 aliphatic carbocycles. The van der Waals surface area contributed by atoms with Crippen LogP contribution in [-0.2, 0) is 38.4 Å². The van der Waals surface area contributed by atoms with Gasteiger partial charge in [-0.15, -0.1) is 0 Å². The molecule has 1 saturated heterocycles. The van der Waals surface area contributed by atoms with Crippen LogP contribution < -0.4 is 10.6 Å². The second-order valence-electron chi connectivity index (χ2n) is 14.4. The highest BCUT2D eigenvalue weighted by molar-refractivity contribution is 6.06. The molecule has 2 aliphatic heterocycles. The minimum absolute atomic E-state index is 0.0527. The van der Waals surface area contributed by atoms with Crippen LogP contribution in [0.3, 0.4) is 0 Å². The Morgan fingerprint density at radius 3 is 2.53 bits per heavy atom. The van der Waals surface area contributed by atoms with Crippen LogP contribution in [0.2, 0.25) is 0 Å². The molecule has 0 unspecified atom stereocenters. The first-order valence-electron chi connectivity index (χ1n) is 17.1. The molecule has 53 heavy (non-hydrogen) atoms. The highest BCUT2D eigenvalue weighted by Crippen LogP contribution is 2.59. The Kier molecular flexibility index (Phi) is 8.91. The number of rotatable bonds is 4. The molecule has 3 aromatic heterocycles. The minimum atomic E-state index is -4.77. The van der Waals surface area contributed by atoms with Crippen molar-refractivity contribution in [2.24, 2.45) is 10.8 Å². The average Bonchev–Trinajstić information content (AvgIpc) is 3.52. The van der Waals surface area contributed by atoms with E-state index in [1.54, 1.807) is 63.5 Å². The first-order chi connectivity index (χ1) is 25.1. The number of hydrogen-bond donors (Lipinski definition) is 2. The van der Waals surface area contributed by atoms with Crippen LogP contribution in [0.4, 0.5) is 19.0 Å². The summed E-state index contributed by atoms with van der Waals surface area (Å²) in [6, 6.07) is 5.79. The summed E-state index contributed by atoms with van der Waals surface area (Å²) >= 11 is 0. The smallest absolute Gasteiger partial charge is 0.373 e. The van der Waals surface area contributed by atoms with E-state index in [9.17, 15) is 32.3 Å². The monoisotopic (exact) mass is 730 g/mol. The van der Waals surface area contributed by atoms with Crippen molar-refractivity contribution in [3.63, 3.8) is 0 Å². The van der Waals surface area contributed by atoms with Crippen molar-refractivity contribution in [1.29, 1.82) is 0 Å². The summed E-state index contributed by atoms with van der Waals surface area (Å²) in [5.74, 6) is -1.50. The van der Waals surface area contributed by atoms with Crippen molar-refractivity contribution in [3.05, 3.63) is 77.7 Å². The number of piperidine rings is 1. The number of carbonyl (C=O) groups excluding carboxylic acids is 4. The maximum atomic E-state index is 14.3. The third kappa shape index (κ3) is 6.90. The van der Waals surface area contributed by atoms with Crippen molar-refractivity contribution >= 4 is 40.2 Å². The zero-order chi connectivity index (χ0) is 37.9. The van der Waals surface area contributed by atoms with Crippen molar-refractivity contribution < 1.29 is 37.1 Å². The van der Waals surface area contributed by atoms with Crippen LogP contribution in [-0.4, -0.2) is 78.4 Å². The number of amides is 3. The number of benzene rings is 1. The van der Waals surface area contributed by atoms with Gasteiger partial charge in [0.05, 0.1) is 24.1 Å². The highest BCUT2D eigenvalue weighted by atomic mass is 19.4. The molecule has 13 nitrogen and oxygen atoms in total. The predicted molar refractivity (Wildman–Crippen MR) is 185 cm³/mol. The van der Waals surface area contributed by atoms with E-state index in [0.717, 1.165) is 17.2 Å². The van der Waals surface area contributed by atoms with Gasteiger partial charge in [0.25, 0.3) is 0 Å². The van der Waals surface area contributed by atoms with Crippen LogP contribution in [0, 0.1) is 17.8 Å². The van der Waals surface area contributed by atoms with Gasteiger partial charge in [0.2, 0.25) is 17.7 Å². The Morgan fingerprint density at radius 2 is 1.81 bits per heavy atom. The number of alkyl halides is 3. The Bertz CT molecular complexity index is 2180. The highest BCUT2D eigenvalue weighted by Gasteiger charge is 2.67. The molecule has 1 aromatic carbocycles. The lowest BCUT2D eigenvalue weighted by Crippen LogP contribution is -2.47. The first-order valence-corrected chi connectivity index (χ1v) is 17.1. The van der Waals surface area contributed by atoms with E-state index in [2.05, 4.69) is 30.7 Å². The van der Waals surface area contributed by atoms with Crippen LogP contribution in [0.25, 0.3) is 22.0 Å². The summed E-state index contributed by atoms with van der Waals surface area (Å²) in [5, 5.41) is 10.6. The molecule has 2 fully saturated rings. The molecule has 16 heteroatoms. The maximum absolute atomic E-state index is 14.3. The van der Waals surface area contributed by atoms with Gasteiger partial charge in [-0.3, -0.25) is 23.9 Å². The Labute approximate surface area is 302 Å². The van der Waals surface area contributed by atoms with Gasteiger partial charge >= 0.3 is 6.18 Å². The summed E-state index contributed by atoms with van der Waals surface area (Å²) in [6.07, 6.45) is 2.56. The molecular formula is C37H37F3N8O5. The van der Waals surface area contributed by atoms with Gasteiger partial charge in [0, 0.05) is 53.8 Å². The molecule has 3 atom stereocenters. The van der Waals surface area contributed by atoms with Gasteiger partial charge in [-0.2, -0.15) is 18.3 Å². The first kappa shape index (κ1) is 35.9. The van der Waals surface area contributed by atoms with Crippen LogP contribution >= 0.6 is 0 Å². The number of ether oxygens (including phenoxy) is 1. The van der Waals surface area contributed by atoms with E-state index in [1.165, 1.54) is 22.6 Å². The summed E-state index contributed by atoms with van der Waals surface area (Å²) in [7, 11) is 0. The number of carbonyl (C=O) groups is 4. The van der Waals surface area contributed by atoms with Gasteiger partial charge in [0.15, 0.2) is 5.78 Å². The molecule has 4 aromatic rings. The molecule has 0 radical (unpaired) electrons. The number of anilines is 1. The van der Waals surface area contributed by atoms with Gasteiger partial charge in [0.1, 0.15) is 35.6 Å². The van der Waals surface area contributed by atoms with E-state index in [1.807, 2.05) is 0 Å². The van der Waals surface area contributed by atoms with Gasteiger partial charge in [-0.25, -0.2) is 15.0 Å². The summed E-state index contributed by atoms with van der Waals surface area (Å²) in [5.41, 5.74) is -0.419. The third-order valence-electron chi connectivity index (χ3n) is 10.2. The predicted octanol–water partition coefficient (Wildman–Crippen LogP) is 4.65.